The number of hydrogen-bond donors (Lipinski definition) is 5. The van der Waals surface area contributed by atoms with E-state index in [9.17, 15) is 4.79 Å². The Morgan fingerprint density at radius 1 is 0.714 bits per heavy atom. The third kappa shape index (κ3) is 23.8. The molecule has 1 unspecified atom stereocenters. The maximum Gasteiger partial charge on any atom is 0.122 e. The molecule has 0 radical (unpaired) electrons. The highest BCUT2D eigenvalue weighted by Gasteiger charge is 2.05. The van der Waals surface area contributed by atoms with Crippen molar-refractivity contribution < 1.29 is 4.79 Å². The smallest absolute Gasteiger partial charge is 0.122 e. The van der Waals surface area contributed by atoms with Crippen LogP contribution >= 0.6 is 12.4 Å². The van der Waals surface area contributed by atoms with E-state index >= 15 is 0 Å². The van der Waals surface area contributed by atoms with Gasteiger partial charge in [-0.25, -0.2) is 0 Å². The Hall–Kier alpha value is -0.240. The standard InChI is InChI=1S/C21H47N5O.ClH/c1-2-3-4-5-6-7-8-9-10-11-14-25-21(12-20-27)26-19-18-24-17-16-23-15-13-22;/h20-21,23-26H,2-19,22H2,1H3;1H. The Balaban J connectivity index is 0. The van der Waals surface area contributed by atoms with Gasteiger partial charge in [-0.15, -0.1) is 12.4 Å². The van der Waals surface area contributed by atoms with Gasteiger partial charge < -0.3 is 31.8 Å². The van der Waals surface area contributed by atoms with Gasteiger partial charge in [0.15, 0.2) is 0 Å². The third-order valence-corrected chi connectivity index (χ3v) is 4.75. The molecule has 0 rings (SSSR count). The first-order valence-corrected chi connectivity index (χ1v) is 11.4. The Bertz CT molecular complexity index is 298. The van der Waals surface area contributed by atoms with Gasteiger partial charge in [0.25, 0.3) is 0 Å². The van der Waals surface area contributed by atoms with Gasteiger partial charge in [-0.3, -0.25) is 0 Å². The van der Waals surface area contributed by atoms with Crippen LogP contribution in [0.5, 0.6) is 0 Å². The van der Waals surface area contributed by atoms with E-state index in [1.807, 2.05) is 0 Å². The Morgan fingerprint density at radius 3 is 1.79 bits per heavy atom. The molecule has 0 aliphatic carbocycles. The van der Waals surface area contributed by atoms with Crippen LogP contribution in [0, 0.1) is 0 Å². The molecule has 170 valence electrons. The number of aldehydes is 1. The fraction of sp³-hybridized carbons (Fsp3) is 0.952. The lowest BCUT2D eigenvalue weighted by Crippen LogP contribution is -2.45. The zero-order valence-electron chi connectivity index (χ0n) is 18.3. The average molecular weight is 422 g/mol. The van der Waals surface area contributed by atoms with Crippen LogP contribution in [-0.4, -0.2) is 58.3 Å². The molecule has 6 N–H and O–H groups in total. The van der Waals surface area contributed by atoms with Crippen LogP contribution in [0.15, 0.2) is 0 Å². The van der Waals surface area contributed by atoms with Crippen LogP contribution in [0.4, 0.5) is 0 Å². The van der Waals surface area contributed by atoms with Gasteiger partial charge in [0.2, 0.25) is 0 Å². The van der Waals surface area contributed by atoms with E-state index in [0.717, 1.165) is 45.6 Å². The first kappa shape index (κ1) is 30.0. The molecule has 0 bridgehead atoms. The third-order valence-electron chi connectivity index (χ3n) is 4.75. The fourth-order valence-corrected chi connectivity index (χ4v) is 3.09. The van der Waals surface area contributed by atoms with Gasteiger partial charge in [0.05, 0.1) is 6.17 Å². The SMILES string of the molecule is CCCCCCCCCCCCNC(CC=O)NCCNCCNCCN.Cl. The van der Waals surface area contributed by atoms with Crippen molar-refractivity contribution in [3.63, 3.8) is 0 Å². The molecule has 0 aliphatic rings. The molecule has 6 nitrogen and oxygen atoms in total. The second-order valence-electron chi connectivity index (χ2n) is 7.33. The molecule has 0 saturated carbocycles. The minimum Gasteiger partial charge on any atom is -0.329 e. The molecule has 0 spiro atoms. The molecule has 0 aromatic rings. The molecule has 7 heteroatoms. The van der Waals surface area contributed by atoms with Crippen molar-refractivity contribution in [2.45, 2.75) is 83.7 Å². The largest absolute Gasteiger partial charge is 0.329 e. The molecule has 0 saturated heterocycles. The molecule has 28 heavy (non-hydrogen) atoms. The van der Waals surface area contributed by atoms with Gasteiger partial charge in [0, 0.05) is 45.7 Å². The van der Waals surface area contributed by atoms with Crippen molar-refractivity contribution in [2.24, 2.45) is 5.73 Å². The predicted octanol–water partition coefficient (Wildman–Crippen LogP) is 2.56. The summed E-state index contributed by atoms with van der Waals surface area (Å²) < 4.78 is 0. The lowest BCUT2D eigenvalue weighted by Gasteiger charge is -2.18. The second kappa shape index (κ2) is 26.8. The molecular formula is C21H48ClN5O. The molecule has 0 amide bonds. The van der Waals surface area contributed by atoms with E-state index in [0.29, 0.717) is 13.0 Å². The number of carbonyl (C=O) groups excluding carboxylic acids is 1. The van der Waals surface area contributed by atoms with Crippen molar-refractivity contribution in [1.82, 2.24) is 21.3 Å². The summed E-state index contributed by atoms with van der Waals surface area (Å²) in [4.78, 5) is 10.8. The van der Waals surface area contributed by atoms with Crippen molar-refractivity contribution in [3.05, 3.63) is 0 Å². The number of carbonyl (C=O) groups is 1. The summed E-state index contributed by atoms with van der Waals surface area (Å²) in [6.07, 6.45) is 15.1. The summed E-state index contributed by atoms with van der Waals surface area (Å²) in [7, 11) is 0. The van der Waals surface area contributed by atoms with Crippen LogP contribution in [-0.2, 0) is 4.79 Å². The van der Waals surface area contributed by atoms with E-state index < -0.39 is 0 Å². The topological polar surface area (TPSA) is 91.2 Å². The van der Waals surface area contributed by atoms with Gasteiger partial charge in [0.1, 0.15) is 6.29 Å². The first-order valence-electron chi connectivity index (χ1n) is 11.4. The predicted molar refractivity (Wildman–Crippen MR) is 124 cm³/mol. The number of nitrogens with two attached hydrogens (primary N) is 1. The number of nitrogens with one attached hydrogen (secondary N) is 4. The lowest BCUT2D eigenvalue weighted by atomic mass is 10.1. The molecular weight excluding hydrogens is 374 g/mol. The maximum atomic E-state index is 10.8. The molecule has 0 aliphatic heterocycles. The normalized spacial score (nSPS) is 11.9. The van der Waals surface area contributed by atoms with Crippen LogP contribution in [0.3, 0.4) is 0 Å². The van der Waals surface area contributed by atoms with E-state index in [2.05, 4.69) is 28.2 Å². The van der Waals surface area contributed by atoms with E-state index in [-0.39, 0.29) is 18.6 Å². The highest BCUT2D eigenvalue weighted by atomic mass is 35.5. The molecule has 0 fully saturated rings. The monoisotopic (exact) mass is 421 g/mol. The summed E-state index contributed by atoms with van der Waals surface area (Å²) in [5, 5.41) is 13.5. The molecule has 0 aromatic heterocycles. The number of rotatable bonds is 23. The summed E-state index contributed by atoms with van der Waals surface area (Å²) in [6, 6.07) is 0. The van der Waals surface area contributed by atoms with Gasteiger partial charge in [-0.2, -0.15) is 0 Å². The van der Waals surface area contributed by atoms with Crippen molar-refractivity contribution in [1.29, 1.82) is 0 Å². The minimum absolute atomic E-state index is 0. The summed E-state index contributed by atoms with van der Waals surface area (Å²) >= 11 is 0. The van der Waals surface area contributed by atoms with Crippen molar-refractivity contribution in [3.8, 4) is 0 Å². The number of halogens is 1. The van der Waals surface area contributed by atoms with Gasteiger partial charge >= 0.3 is 0 Å². The summed E-state index contributed by atoms with van der Waals surface area (Å²) in [5.41, 5.74) is 5.42. The number of unbranched alkanes of at least 4 members (excludes halogenated alkanes) is 9. The molecule has 0 heterocycles. The van der Waals surface area contributed by atoms with Crippen LogP contribution < -0.4 is 27.0 Å². The maximum absolute atomic E-state index is 10.8. The second-order valence-corrected chi connectivity index (χ2v) is 7.33. The molecule has 1 atom stereocenters. The Kier molecular flexibility index (Phi) is 28.6. The number of hydrogen-bond acceptors (Lipinski definition) is 6. The zero-order chi connectivity index (χ0) is 19.8. The Labute approximate surface area is 180 Å². The van der Waals surface area contributed by atoms with Gasteiger partial charge in [-0.05, 0) is 13.0 Å². The highest BCUT2D eigenvalue weighted by Crippen LogP contribution is 2.10. The van der Waals surface area contributed by atoms with Crippen molar-refractivity contribution >= 4 is 18.7 Å². The highest BCUT2D eigenvalue weighted by molar-refractivity contribution is 5.85. The van der Waals surface area contributed by atoms with E-state index in [1.165, 1.54) is 64.2 Å². The molecule has 0 aromatic carbocycles. The quantitative estimate of drug-likeness (QED) is 0.0989. The first-order chi connectivity index (χ1) is 13.3. The minimum atomic E-state index is 0. The van der Waals surface area contributed by atoms with Crippen molar-refractivity contribution in [2.75, 3.05) is 45.8 Å². The van der Waals surface area contributed by atoms with Crippen LogP contribution in [0.1, 0.15) is 77.6 Å². The van der Waals surface area contributed by atoms with E-state index in [1.54, 1.807) is 0 Å². The van der Waals surface area contributed by atoms with Gasteiger partial charge in [-0.1, -0.05) is 64.7 Å². The summed E-state index contributed by atoms with van der Waals surface area (Å²) in [6.45, 7) is 8.43. The van der Waals surface area contributed by atoms with Crippen LogP contribution in [0.25, 0.3) is 0 Å². The fourth-order valence-electron chi connectivity index (χ4n) is 3.09. The summed E-state index contributed by atoms with van der Waals surface area (Å²) in [5.74, 6) is 0. The zero-order valence-corrected chi connectivity index (χ0v) is 19.1. The lowest BCUT2D eigenvalue weighted by molar-refractivity contribution is -0.108. The van der Waals surface area contributed by atoms with E-state index in [4.69, 9.17) is 5.73 Å². The van der Waals surface area contributed by atoms with Crippen LogP contribution in [0.2, 0.25) is 0 Å². The average Bonchev–Trinajstić information content (AvgIpc) is 2.68. The Morgan fingerprint density at radius 2 is 1.21 bits per heavy atom.